The van der Waals surface area contributed by atoms with Crippen LogP contribution in [0.1, 0.15) is 39.0 Å². The van der Waals surface area contributed by atoms with Crippen molar-refractivity contribution in [2.24, 2.45) is 17.8 Å². The lowest BCUT2D eigenvalue weighted by Crippen LogP contribution is -2.20. The Balaban J connectivity index is 1.56. The summed E-state index contributed by atoms with van der Waals surface area (Å²) in [5.74, 6) is 2.19. The first-order valence-corrected chi connectivity index (χ1v) is 7.77. The van der Waals surface area contributed by atoms with Crippen molar-refractivity contribution in [3.63, 3.8) is 0 Å². The van der Waals surface area contributed by atoms with E-state index in [1.807, 2.05) is 18.2 Å². The molecule has 4 heteroatoms. The van der Waals surface area contributed by atoms with Gasteiger partial charge in [-0.3, -0.25) is 9.59 Å². The number of benzene rings is 1. The smallest absolute Gasteiger partial charge is 0.224 e. The van der Waals surface area contributed by atoms with Crippen LogP contribution in [0.15, 0.2) is 24.3 Å². The molecule has 3 rings (SSSR count). The topological polar surface area (TPSA) is 58.2 Å². The van der Waals surface area contributed by atoms with Gasteiger partial charge in [0.25, 0.3) is 0 Å². The summed E-state index contributed by atoms with van der Waals surface area (Å²) in [5.41, 5.74) is 1.45. The highest BCUT2D eigenvalue weighted by Crippen LogP contribution is 2.49. The van der Waals surface area contributed by atoms with Crippen LogP contribution >= 0.6 is 0 Å². The second-order valence-electron chi connectivity index (χ2n) is 6.45. The lowest BCUT2D eigenvalue weighted by Gasteiger charge is -2.21. The molecule has 112 valence electrons. The Morgan fingerprint density at radius 1 is 1.14 bits per heavy atom. The van der Waals surface area contributed by atoms with E-state index in [-0.39, 0.29) is 11.8 Å². The molecule has 2 N–H and O–H groups in total. The zero-order valence-corrected chi connectivity index (χ0v) is 12.4. The summed E-state index contributed by atoms with van der Waals surface area (Å²) in [5, 5.41) is 5.67. The van der Waals surface area contributed by atoms with Crippen LogP contribution in [-0.2, 0) is 9.59 Å². The third-order valence-electron chi connectivity index (χ3n) is 4.80. The van der Waals surface area contributed by atoms with E-state index >= 15 is 0 Å². The quantitative estimate of drug-likeness (QED) is 0.891. The van der Waals surface area contributed by atoms with Crippen molar-refractivity contribution in [1.82, 2.24) is 0 Å². The second-order valence-corrected chi connectivity index (χ2v) is 6.45. The Bertz CT molecular complexity index is 555. The summed E-state index contributed by atoms with van der Waals surface area (Å²) in [6, 6.07) is 7.29. The van der Waals surface area contributed by atoms with E-state index < -0.39 is 0 Å². The molecule has 0 unspecified atom stereocenters. The maximum absolute atomic E-state index is 12.2. The summed E-state index contributed by atoms with van der Waals surface area (Å²) in [6.07, 6.45) is 5.85. The standard InChI is InChI=1S/C17H22N2O2/c1-11(20)18-15-3-2-4-16(10-15)19-17(21)9-14-8-12-5-6-13(14)7-12/h2-4,10,12-14H,5-9H2,1H3,(H,18,20)(H,19,21)/t12-,13-,14+/m0/s1. The molecular formula is C17H22N2O2. The molecule has 0 spiro atoms. The first-order valence-electron chi connectivity index (χ1n) is 7.77. The molecule has 2 bridgehead atoms. The van der Waals surface area contributed by atoms with Crippen LogP contribution in [0, 0.1) is 17.8 Å². The maximum atomic E-state index is 12.2. The molecule has 2 amide bonds. The SMILES string of the molecule is CC(=O)Nc1cccc(NC(=O)C[C@H]2C[C@H]3CC[C@H]2C3)c1. The Morgan fingerprint density at radius 3 is 2.52 bits per heavy atom. The Labute approximate surface area is 125 Å². The van der Waals surface area contributed by atoms with Crippen LogP contribution in [0.25, 0.3) is 0 Å². The van der Waals surface area contributed by atoms with Crippen LogP contribution in [0.2, 0.25) is 0 Å². The summed E-state index contributed by atoms with van der Waals surface area (Å²) >= 11 is 0. The van der Waals surface area contributed by atoms with Gasteiger partial charge in [0.1, 0.15) is 0 Å². The predicted molar refractivity (Wildman–Crippen MR) is 82.9 cm³/mol. The minimum atomic E-state index is -0.111. The fraction of sp³-hybridized carbons (Fsp3) is 0.529. The largest absolute Gasteiger partial charge is 0.326 e. The number of carbonyl (C=O) groups excluding carboxylic acids is 2. The molecule has 0 aromatic heterocycles. The number of nitrogens with one attached hydrogen (secondary N) is 2. The summed E-state index contributed by atoms with van der Waals surface area (Å²) in [7, 11) is 0. The number of hydrogen-bond acceptors (Lipinski definition) is 2. The molecule has 2 aliphatic carbocycles. The lowest BCUT2D eigenvalue weighted by atomic mass is 9.86. The van der Waals surface area contributed by atoms with Crippen molar-refractivity contribution in [2.45, 2.75) is 39.0 Å². The van der Waals surface area contributed by atoms with E-state index in [0.29, 0.717) is 18.0 Å². The van der Waals surface area contributed by atoms with Crippen LogP contribution in [0.3, 0.4) is 0 Å². The van der Waals surface area contributed by atoms with Crippen molar-refractivity contribution in [1.29, 1.82) is 0 Å². The zero-order chi connectivity index (χ0) is 14.8. The highest BCUT2D eigenvalue weighted by Gasteiger charge is 2.40. The Morgan fingerprint density at radius 2 is 1.90 bits per heavy atom. The van der Waals surface area contributed by atoms with E-state index in [9.17, 15) is 9.59 Å². The van der Waals surface area contributed by atoms with Gasteiger partial charge in [0, 0.05) is 24.7 Å². The molecule has 2 saturated carbocycles. The van der Waals surface area contributed by atoms with Crippen molar-refractivity contribution < 1.29 is 9.59 Å². The highest BCUT2D eigenvalue weighted by molar-refractivity contribution is 5.93. The molecule has 0 radical (unpaired) electrons. The monoisotopic (exact) mass is 286 g/mol. The van der Waals surface area contributed by atoms with E-state index in [2.05, 4.69) is 10.6 Å². The number of amides is 2. The van der Waals surface area contributed by atoms with Crippen molar-refractivity contribution in [3.8, 4) is 0 Å². The van der Waals surface area contributed by atoms with Gasteiger partial charge in [0.15, 0.2) is 0 Å². The molecule has 0 heterocycles. The maximum Gasteiger partial charge on any atom is 0.224 e. The number of rotatable bonds is 4. The van der Waals surface area contributed by atoms with Crippen LogP contribution in [0.5, 0.6) is 0 Å². The Kier molecular flexibility index (Phi) is 3.95. The third kappa shape index (κ3) is 3.43. The van der Waals surface area contributed by atoms with Gasteiger partial charge in [0.05, 0.1) is 0 Å². The molecular weight excluding hydrogens is 264 g/mol. The normalized spacial score (nSPS) is 26.6. The fourth-order valence-corrected chi connectivity index (χ4v) is 3.95. The molecule has 2 aliphatic rings. The molecule has 3 atom stereocenters. The molecule has 1 aromatic rings. The van der Waals surface area contributed by atoms with E-state index in [1.54, 1.807) is 6.07 Å². The number of fused-ring (bicyclic) bond motifs is 2. The van der Waals surface area contributed by atoms with Crippen molar-refractivity contribution in [3.05, 3.63) is 24.3 Å². The second kappa shape index (κ2) is 5.88. The highest BCUT2D eigenvalue weighted by atomic mass is 16.2. The minimum absolute atomic E-state index is 0.0903. The fourth-order valence-electron chi connectivity index (χ4n) is 3.95. The predicted octanol–water partition coefficient (Wildman–Crippen LogP) is 3.41. The van der Waals surface area contributed by atoms with Gasteiger partial charge in [-0.1, -0.05) is 12.5 Å². The van der Waals surface area contributed by atoms with Crippen LogP contribution in [-0.4, -0.2) is 11.8 Å². The molecule has 0 saturated heterocycles. The Hall–Kier alpha value is -1.84. The van der Waals surface area contributed by atoms with E-state index in [4.69, 9.17) is 0 Å². The van der Waals surface area contributed by atoms with E-state index in [0.717, 1.165) is 17.5 Å². The number of hydrogen-bond donors (Lipinski definition) is 2. The van der Waals surface area contributed by atoms with Crippen molar-refractivity contribution in [2.75, 3.05) is 10.6 Å². The van der Waals surface area contributed by atoms with Gasteiger partial charge in [0.2, 0.25) is 11.8 Å². The van der Waals surface area contributed by atoms with Gasteiger partial charge in [-0.2, -0.15) is 0 Å². The van der Waals surface area contributed by atoms with E-state index in [1.165, 1.54) is 32.6 Å². The van der Waals surface area contributed by atoms with Gasteiger partial charge in [-0.05, 0) is 55.2 Å². The van der Waals surface area contributed by atoms with Crippen molar-refractivity contribution >= 4 is 23.2 Å². The number of carbonyl (C=O) groups is 2. The average molecular weight is 286 g/mol. The van der Waals surface area contributed by atoms with Gasteiger partial charge < -0.3 is 10.6 Å². The molecule has 0 aliphatic heterocycles. The molecule has 2 fully saturated rings. The van der Waals surface area contributed by atoms with Crippen LogP contribution < -0.4 is 10.6 Å². The van der Waals surface area contributed by atoms with Gasteiger partial charge in [-0.25, -0.2) is 0 Å². The van der Waals surface area contributed by atoms with Gasteiger partial charge >= 0.3 is 0 Å². The average Bonchev–Trinajstić information content (AvgIpc) is 3.00. The first-order chi connectivity index (χ1) is 10.1. The third-order valence-corrected chi connectivity index (χ3v) is 4.80. The summed E-state index contributed by atoms with van der Waals surface area (Å²) in [6.45, 7) is 1.47. The molecule has 1 aromatic carbocycles. The number of anilines is 2. The summed E-state index contributed by atoms with van der Waals surface area (Å²) < 4.78 is 0. The zero-order valence-electron chi connectivity index (χ0n) is 12.4. The molecule has 4 nitrogen and oxygen atoms in total. The summed E-state index contributed by atoms with van der Waals surface area (Å²) in [4.78, 5) is 23.2. The first kappa shape index (κ1) is 14.1. The lowest BCUT2D eigenvalue weighted by molar-refractivity contribution is -0.117. The van der Waals surface area contributed by atoms with Crippen LogP contribution in [0.4, 0.5) is 11.4 Å². The molecule has 21 heavy (non-hydrogen) atoms. The minimum Gasteiger partial charge on any atom is -0.326 e. The van der Waals surface area contributed by atoms with Gasteiger partial charge in [-0.15, -0.1) is 0 Å².